The molecule has 0 bridgehead atoms. The van der Waals surface area contributed by atoms with Gasteiger partial charge in [-0.2, -0.15) is 0 Å². The summed E-state index contributed by atoms with van der Waals surface area (Å²) >= 11 is 0. The summed E-state index contributed by atoms with van der Waals surface area (Å²) in [6.07, 6.45) is 1.97. The van der Waals surface area contributed by atoms with Crippen LogP contribution in [-0.2, 0) is 9.59 Å². The van der Waals surface area contributed by atoms with E-state index < -0.39 is 0 Å². The van der Waals surface area contributed by atoms with E-state index in [9.17, 15) is 9.59 Å². The minimum Gasteiger partial charge on any atom is -0.332 e. The summed E-state index contributed by atoms with van der Waals surface area (Å²) in [5, 5.41) is 3.33. The van der Waals surface area contributed by atoms with E-state index in [1.54, 1.807) is 9.80 Å². The summed E-state index contributed by atoms with van der Waals surface area (Å²) in [5.41, 5.74) is 0. The first-order valence-electron chi connectivity index (χ1n) is 6.87. The first-order chi connectivity index (χ1) is 8.58. The average molecular weight is 255 g/mol. The molecule has 0 spiro atoms. The van der Waals surface area contributed by atoms with Gasteiger partial charge in [0.2, 0.25) is 11.8 Å². The number of rotatable bonds is 7. The molecular formula is C13H25N3O2. The maximum atomic E-state index is 11.9. The van der Waals surface area contributed by atoms with Crippen LogP contribution in [0.4, 0.5) is 0 Å². The molecule has 0 aliphatic carbocycles. The van der Waals surface area contributed by atoms with E-state index in [4.69, 9.17) is 0 Å². The molecule has 2 amide bonds. The third kappa shape index (κ3) is 4.29. The van der Waals surface area contributed by atoms with Crippen LogP contribution < -0.4 is 5.32 Å². The van der Waals surface area contributed by atoms with Gasteiger partial charge in [-0.1, -0.05) is 13.8 Å². The highest BCUT2D eigenvalue weighted by atomic mass is 16.2. The maximum absolute atomic E-state index is 11.9. The summed E-state index contributed by atoms with van der Waals surface area (Å²) in [5.74, 6) is 0.132. The summed E-state index contributed by atoms with van der Waals surface area (Å²) in [6, 6.07) is 0.236. The molecule has 1 unspecified atom stereocenters. The van der Waals surface area contributed by atoms with Crippen molar-refractivity contribution >= 4 is 11.8 Å². The van der Waals surface area contributed by atoms with E-state index in [-0.39, 0.29) is 30.9 Å². The highest BCUT2D eigenvalue weighted by molar-refractivity contribution is 5.92. The van der Waals surface area contributed by atoms with E-state index >= 15 is 0 Å². The summed E-state index contributed by atoms with van der Waals surface area (Å²) < 4.78 is 0. The molecule has 18 heavy (non-hydrogen) atoms. The van der Waals surface area contributed by atoms with Crippen molar-refractivity contribution in [3.63, 3.8) is 0 Å². The topological polar surface area (TPSA) is 52.7 Å². The normalized spacial score (nSPS) is 18.4. The van der Waals surface area contributed by atoms with Crippen LogP contribution in [0.1, 0.15) is 33.6 Å². The SMILES string of the molecule is CCCNC(C)CN1CC(=O)N(CCC)CC1=O. The predicted octanol–water partition coefficient (Wildman–Crippen LogP) is 0.455. The molecule has 0 aromatic rings. The lowest BCUT2D eigenvalue weighted by atomic mass is 10.2. The van der Waals surface area contributed by atoms with Crippen LogP contribution in [0.2, 0.25) is 0 Å². The number of amides is 2. The molecule has 0 radical (unpaired) electrons. The standard InChI is InChI=1S/C13H25N3O2/c1-4-6-14-11(3)8-16-10-12(17)15(7-5-2)9-13(16)18/h11,14H,4-10H2,1-3H3. The molecule has 1 rings (SSSR count). The second kappa shape index (κ2) is 7.36. The number of hydrogen-bond acceptors (Lipinski definition) is 3. The number of carbonyl (C=O) groups is 2. The van der Waals surface area contributed by atoms with Gasteiger partial charge in [0, 0.05) is 19.1 Å². The number of nitrogens with zero attached hydrogens (tertiary/aromatic N) is 2. The number of piperazine rings is 1. The molecule has 0 aromatic carbocycles. The van der Waals surface area contributed by atoms with E-state index in [2.05, 4.69) is 12.2 Å². The number of carbonyl (C=O) groups excluding carboxylic acids is 2. The van der Waals surface area contributed by atoms with Crippen molar-refractivity contribution in [3.8, 4) is 0 Å². The molecule has 0 saturated carbocycles. The maximum Gasteiger partial charge on any atom is 0.242 e. The van der Waals surface area contributed by atoms with Crippen molar-refractivity contribution < 1.29 is 9.59 Å². The van der Waals surface area contributed by atoms with Gasteiger partial charge < -0.3 is 15.1 Å². The van der Waals surface area contributed by atoms with E-state index in [1.165, 1.54) is 0 Å². The summed E-state index contributed by atoms with van der Waals surface area (Å²) in [4.78, 5) is 27.1. The molecule has 1 fully saturated rings. The lowest BCUT2D eigenvalue weighted by Crippen LogP contribution is -2.56. The van der Waals surface area contributed by atoms with Gasteiger partial charge in [0.1, 0.15) is 0 Å². The highest BCUT2D eigenvalue weighted by Crippen LogP contribution is 2.06. The van der Waals surface area contributed by atoms with Gasteiger partial charge in [0.25, 0.3) is 0 Å². The zero-order valence-electron chi connectivity index (χ0n) is 11.7. The fourth-order valence-corrected chi connectivity index (χ4v) is 2.13. The molecule has 1 atom stereocenters. The molecule has 104 valence electrons. The van der Waals surface area contributed by atoms with Crippen molar-refractivity contribution in [2.45, 2.75) is 39.7 Å². The fourth-order valence-electron chi connectivity index (χ4n) is 2.13. The highest BCUT2D eigenvalue weighted by Gasteiger charge is 2.29. The van der Waals surface area contributed by atoms with Crippen LogP contribution in [-0.4, -0.2) is 60.4 Å². The van der Waals surface area contributed by atoms with E-state index in [0.29, 0.717) is 13.1 Å². The van der Waals surface area contributed by atoms with E-state index in [0.717, 1.165) is 19.4 Å². The lowest BCUT2D eigenvalue weighted by Gasteiger charge is -2.35. The van der Waals surface area contributed by atoms with Gasteiger partial charge in [0.05, 0.1) is 13.1 Å². The smallest absolute Gasteiger partial charge is 0.242 e. The zero-order chi connectivity index (χ0) is 13.5. The molecule has 1 saturated heterocycles. The molecule has 5 heteroatoms. The molecule has 5 nitrogen and oxygen atoms in total. The van der Waals surface area contributed by atoms with Crippen molar-refractivity contribution in [1.82, 2.24) is 15.1 Å². The average Bonchev–Trinajstić information content (AvgIpc) is 2.33. The van der Waals surface area contributed by atoms with Gasteiger partial charge in [-0.05, 0) is 26.3 Å². The van der Waals surface area contributed by atoms with Gasteiger partial charge in [-0.15, -0.1) is 0 Å². The van der Waals surface area contributed by atoms with Crippen molar-refractivity contribution in [2.24, 2.45) is 0 Å². The quantitative estimate of drug-likeness (QED) is 0.719. The Morgan fingerprint density at radius 3 is 2.33 bits per heavy atom. The van der Waals surface area contributed by atoms with E-state index in [1.807, 2.05) is 13.8 Å². The Bertz CT molecular complexity index is 294. The second-order valence-corrected chi connectivity index (χ2v) is 4.94. The van der Waals surface area contributed by atoms with Crippen molar-refractivity contribution in [3.05, 3.63) is 0 Å². The Labute approximate surface area is 110 Å². The third-order valence-electron chi connectivity index (χ3n) is 3.09. The third-order valence-corrected chi connectivity index (χ3v) is 3.09. The Hall–Kier alpha value is -1.10. The molecule has 1 aliphatic rings. The minimum atomic E-state index is 0.0631. The molecule has 1 heterocycles. The van der Waals surface area contributed by atoms with Gasteiger partial charge >= 0.3 is 0 Å². The number of hydrogen-bond donors (Lipinski definition) is 1. The lowest BCUT2D eigenvalue weighted by molar-refractivity contribution is -0.150. The van der Waals surface area contributed by atoms with Crippen LogP contribution in [0.5, 0.6) is 0 Å². The van der Waals surface area contributed by atoms with Crippen LogP contribution in [0.15, 0.2) is 0 Å². The molecule has 1 aliphatic heterocycles. The summed E-state index contributed by atoms with van der Waals surface area (Å²) in [7, 11) is 0. The first kappa shape index (κ1) is 15.0. The van der Waals surface area contributed by atoms with Gasteiger partial charge in [0.15, 0.2) is 0 Å². The van der Waals surface area contributed by atoms with Gasteiger partial charge in [-0.25, -0.2) is 0 Å². The first-order valence-corrected chi connectivity index (χ1v) is 6.87. The predicted molar refractivity (Wildman–Crippen MR) is 71.2 cm³/mol. The number of nitrogens with one attached hydrogen (secondary N) is 1. The largest absolute Gasteiger partial charge is 0.332 e. The Morgan fingerprint density at radius 2 is 1.72 bits per heavy atom. The monoisotopic (exact) mass is 255 g/mol. The zero-order valence-corrected chi connectivity index (χ0v) is 11.7. The van der Waals surface area contributed by atoms with Crippen molar-refractivity contribution in [1.29, 1.82) is 0 Å². The molecule has 0 aromatic heterocycles. The molecule has 1 N–H and O–H groups in total. The minimum absolute atomic E-state index is 0.0631. The van der Waals surface area contributed by atoms with Crippen LogP contribution in [0.3, 0.4) is 0 Å². The fraction of sp³-hybridized carbons (Fsp3) is 0.846. The Kier molecular flexibility index (Phi) is 6.12. The Balaban J connectivity index is 2.44. The van der Waals surface area contributed by atoms with Crippen LogP contribution in [0.25, 0.3) is 0 Å². The van der Waals surface area contributed by atoms with Crippen molar-refractivity contribution in [2.75, 3.05) is 32.7 Å². The van der Waals surface area contributed by atoms with Gasteiger partial charge in [-0.3, -0.25) is 9.59 Å². The Morgan fingerprint density at radius 1 is 1.11 bits per heavy atom. The summed E-state index contributed by atoms with van der Waals surface area (Å²) in [6.45, 7) is 8.89. The van der Waals surface area contributed by atoms with Crippen LogP contribution in [0, 0.1) is 0 Å². The van der Waals surface area contributed by atoms with Crippen LogP contribution >= 0.6 is 0 Å². The molecular weight excluding hydrogens is 230 g/mol. The second-order valence-electron chi connectivity index (χ2n) is 4.94.